The van der Waals surface area contributed by atoms with Gasteiger partial charge in [0.1, 0.15) is 29.6 Å². The molecule has 5 rings (SSSR count). The van der Waals surface area contributed by atoms with Gasteiger partial charge in [0, 0.05) is 13.0 Å². The Morgan fingerprint density at radius 3 is 2.82 bits per heavy atom. The minimum absolute atomic E-state index is 0.115. The molecule has 33 heavy (non-hydrogen) atoms. The zero-order valence-corrected chi connectivity index (χ0v) is 17.9. The monoisotopic (exact) mass is 452 g/mol. The third kappa shape index (κ3) is 3.99. The highest BCUT2D eigenvalue weighted by atomic mass is 19.1. The topological polar surface area (TPSA) is 98.0 Å². The summed E-state index contributed by atoms with van der Waals surface area (Å²) in [6.45, 7) is 2.78. The number of halogens is 1. The normalized spacial score (nSPS) is 19.9. The number of anilines is 1. The van der Waals surface area contributed by atoms with E-state index in [1.165, 1.54) is 17.0 Å². The molecule has 2 amide bonds. The van der Waals surface area contributed by atoms with E-state index in [2.05, 4.69) is 14.9 Å². The standard InChI is InChI=1S/C23H21FN4O5/c1-15-19(26-33-25-15)12-31-20-8-3-2-7-18(20)21(29)27-10-9-23(13-27)14-28(22(30)32-23)17-6-4-5-16(24)11-17/h2-8,11H,9-10,12-14H2,1H3/t23-/m0/s1. The van der Waals surface area contributed by atoms with Crippen LogP contribution in [-0.4, -0.2) is 52.4 Å². The minimum Gasteiger partial charge on any atom is -0.486 e. The van der Waals surface area contributed by atoms with Crippen LogP contribution in [0.4, 0.5) is 14.9 Å². The van der Waals surface area contributed by atoms with Gasteiger partial charge in [-0.25, -0.2) is 13.8 Å². The maximum Gasteiger partial charge on any atom is 0.415 e. The lowest BCUT2D eigenvalue weighted by atomic mass is 10.0. The molecule has 1 spiro atoms. The van der Waals surface area contributed by atoms with Gasteiger partial charge < -0.3 is 14.4 Å². The van der Waals surface area contributed by atoms with Crippen molar-refractivity contribution in [3.05, 3.63) is 71.3 Å². The summed E-state index contributed by atoms with van der Waals surface area (Å²) in [6.07, 6.45) is -0.0569. The van der Waals surface area contributed by atoms with Gasteiger partial charge >= 0.3 is 6.09 Å². The van der Waals surface area contributed by atoms with Gasteiger partial charge in [-0.15, -0.1) is 0 Å². The zero-order chi connectivity index (χ0) is 23.0. The van der Waals surface area contributed by atoms with Crippen LogP contribution >= 0.6 is 0 Å². The molecule has 2 fully saturated rings. The Balaban J connectivity index is 1.30. The Morgan fingerprint density at radius 1 is 1.18 bits per heavy atom. The van der Waals surface area contributed by atoms with Crippen LogP contribution in [0.5, 0.6) is 5.75 Å². The molecule has 10 heteroatoms. The van der Waals surface area contributed by atoms with Gasteiger partial charge in [0.15, 0.2) is 5.60 Å². The fraction of sp³-hybridized carbons (Fsp3) is 0.304. The molecule has 3 aromatic rings. The van der Waals surface area contributed by atoms with E-state index in [1.807, 2.05) is 0 Å². The highest BCUT2D eigenvalue weighted by Gasteiger charge is 2.51. The summed E-state index contributed by atoms with van der Waals surface area (Å²) >= 11 is 0. The summed E-state index contributed by atoms with van der Waals surface area (Å²) in [7, 11) is 0. The lowest BCUT2D eigenvalue weighted by Crippen LogP contribution is -2.39. The summed E-state index contributed by atoms with van der Waals surface area (Å²) in [5, 5.41) is 7.51. The lowest BCUT2D eigenvalue weighted by Gasteiger charge is -2.23. The Morgan fingerprint density at radius 2 is 2.03 bits per heavy atom. The van der Waals surface area contributed by atoms with E-state index >= 15 is 0 Å². The van der Waals surface area contributed by atoms with E-state index in [0.717, 1.165) is 0 Å². The van der Waals surface area contributed by atoms with Crippen molar-refractivity contribution in [3.8, 4) is 5.75 Å². The van der Waals surface area contributed by atoms with Gasteiger partial charge in [-0.3, -0.25) is 9.69 Å². The third-order valence-electron chi connectivity index (χ3n) is 5.92. The number of aryl methyl sites for hydroxylation is 1. The third-order valence-corrected chi connectivity index (χ3v) is 5.92. The van der Waals surface area contributed by atoms with Gasteiger partial charge in [-0.1, -0.05) is 28.5 Å². The quantitative estimate of drug-likeness (QED) is 0.586. The fourth-order valence-electron chi connectivity index (χ4n) is 4.16. The van der Waals surface area contributed by atoms with Gasteiger partial charge in [-0.2, -0.15) is 0 Å². The number of rotatable bonds is 5. The molecule has 1 aromatic heterocycles. The van der Waals surface area contributed by atoms with Crippen LogP contribution < -0.4 is 9.64 Å². The number of hydrogen-bond donors (Lipinski definition) is 0. The van der Waals surface area contributed by atoms with E-state index < -0.39 is 17.5 Å². The Labute approximate surface area is 188 Å². The van der Waals surface area contributed by atoms with Crippen LogP contribution in [0.1, 0.15) is 28.2 Å². The first-order chi connectivity index (χ1) is 15.9. The maximum absolute atomic E-state index is 13.6. The molecule has 0 N–H and O–H groups in total. The summed E-state index contributed by atoms with van der Waals surface area (Å²) < 4.78 is 29.8. The SMILES string of the molecule is Cc1nonc1COc1ccccc1C(=O)N1CC[C@]2(C1)CN(c1cccc(F)c1)C(=O)O2. The molecular weight excluding hydrogens is 431 g/mol. The van der Waals surface area contributed by atoms with Crippen molar-refractivity contribution in [1.82, 2.24) is 15.2 Å². The van der Waals surface area contributed by atoms with E-state index in [-0.39, 0.29) is 25.6 Å². The Bertz CT molecular complexity index is 1210. The van der Waals surface area contributed by atoms with Crippen LogP contribution in [0.15, 0.2) is 53.2 Å². The largest absolute Gasteiger partial charge is 0.486 e. The molecule has 9 nitrogen and oxygen atoms in total. The summed E-state index contributed by atoms with van der Waals surface area (Å²) in [4.78, 5) is 28.9. The van der Waals surface area contributed by atoms with Crippen LogP contribution in [0.25, 0.3) is 0 Å². The van der Waals surface area contributed by atoms with Gasteiger partial charge in [0.05, 0.1) is 24.3 Å². The number of para-hydroxylation sites is 1. The molecule has 2 aliphatic rings. The van der Waals surface area contributed by atoms with E-state index in [4.69, 9.17) is 9.47 Å². The predicted molar refractivity (Wildman–Crippen MR) is 113 cm³/mol. The number of amides is 2. The average molecular weight is 452 g/mol. The highest BCUT2D eigenvalue weighted by molar-refractivity contribution is 5.97. The molecule has 2 aromatic carbocycles. The zero-order valence-electron chi connectivity index (χ0n) is 17.9. The molecule has 2 saturated heterocycles. The molecule has 2 aliphatic heterocycles. The number of hydrogen-bond acceptors (Lipinski definition) is 7. The molecule has 0 unspecified atom stereocenters. The van der Waals surface area contributed by atoms with Crippen molar-refractivity contribution in [3.63, 3.8) is 0 Å². The summed E-state index contributed by atoms with van der Waals surface area (Å²) in [5.74, 6) is -0.244. The van der Waals surface area contributed by atoms with Crippen LogP contribution in [-0.2, 0) is 11.3 Å². The van der Waals surface area contributed by atoms with Crippen molar-refractivity contribution < 1.29 is 28.1 Å². The predicted octanol–water partition coefficient (Wildman–Crippen LogP) is 3.34. The fourth-order valence-corrected chi connectivity index (χ4v) is 4.16. The van der Waals surface area contributed by atoms with Gasteiger partial charge in [0.25, 0.3) is 5.91 Å². The average Bonchev–Trinajstić information content (AvgIpc) is 3.51. The number of nitrogens with zero attached hydrogens (tertiary/aromatic N) is 4. The molecule has 0 saturated carbocycles. The molecular formula is C23H21FN4O5. The Kier molecular flexibility index (Phi) is 5.20. The number of carbonyl (C=O) groups is 2. The molecule has 3 heterocycles. The summed E-state index contributed by atoms with van der Waals surface area (Å²) in [5.41, 5.74) is 1.16. The van der Waals surface area contributed by atoms with Crippen molar-refractivity contribution in [2.45, 2.75) is 25.6 Å². The molecule has 1 atom stereocenters. The van der Waals surface area contributed by atoms with E-state index in [1.54, 1.807) is 48.2 Å². The molecule has 0 radical (unpaired) electrons. The second kappa shape index (κ2) is 8.19. The van der Waals surface area contributed by atoms with Gasteiger partial charge in [-0.05, 0) is 37.3 Å². The maximum atomic E-state index is 13.6. The summed E-state index contributed by atoms with van der Waals surface area (Å²) in [6, 6.07) is 12.7. The number of benzene rings is 2. The number of ether oxygens (including phenoxy) is 2. The minimum atomic E-state index is -0.835. The first-order valence-electron chi connectivity index (χ1n) is 10.5. The van der Waals surface area contributed by atoms with E-state index in [0.29, 0.717) is 41.4 Å². The van der Waals surface area contributed by atoms with Crippen LogP contribution in [0.2, 0.25) is 0 Å². The van der Waals surface area contributed by atoms with Gasteiger partial charge in [0.2, 0.25) is 0 Å². The number of likely N-dealkylation sites (tertiary alicyclic amines) is 1. The number of aromatic nitrogens is 2. The second-order valence-electron chi connectivity index (χ2n) is 8.17. The van der Waals surface area contributed by atoms with Crippen molar-refractivity contribution >= 4 is 17.7 Å². The molecule has 0 aliphatic carbocycles. The van der Waals surface area contributed by atoms with Crippen molar-refractivity contribution in [2.24, 2.45) is 0 Å². The Hall–Kier alpha value is -3.95. The smallest absolute Gasteiger partial charge is 0.415 e. The molecule has 0 bridgehead atoms. The van der Waals surface area contributed by atoms with Crippen molar-refractivity contribution in [1.29, 1.82) is 0 Å². The molecule has 170 valence electrons. The number of carbonyl (C=O) groups excluding carboxylic acids is 2. The van der Waals surface area contributed by atoms with Crippen LogP contribution in [0.3, 0.4) is 0 Å². The lowest BCUT2D eigenvalue weighted by molar-refractivity contribution is 0.0551. The first kappa shape index (κ1) is 20.9. The highest BCUT2D eigenvalue weighted by Crippen LogP contribution is 2.36. The first-order valence-corrected chi connectivity index (χ1v) is 10.5. The van der Waals surface area contributed by atoms with Crippen LogP contribution in [0, 0.1) is 12.7 Å². The van der Waals surface area contributed by atoms with E-state index in [9.17, 15) is 14.0 Å². The van der Waals surface area contributed by atoms with Crippen molar-refractivity contribution in [2.75, 3.05) is 24.5 Å². The second-order valence-corrected chi connectivity index (χ2v) is 8.17.